The fraction of sp³-hybridized carbons (Fsp3) is 0. The highest BCUT2D eigenvalue weighted by Gasteiger charge is 2.24. The molecule has 0 saturated heterocycles. The van der Waals surface area contributed by atoms with E-state index in [1.807, 2.05) is 11.3 Å². The third kappa shape index (κ3) is 3.88. The summed E-state index contributed by atoms with van der Waals surface area (Å²) in [7, 11) is 0. The minimum absolute atomic E-state index is 1.17. The van der Waals surface area contributed by atoms with Gasteiger partial charge in [-0.15, -0.1) is 11.3 Å². The number of nitrogens with zero attached hydrogens (tertiary/aromatic N) is 1. The summed E-state index contributed by atoms with van der Waals surface area (Å²) in [5.41, 5.74) is 8.59. The first-order valence-corrected chi connectivity index (χ1v) is 18.0. The first kappa shape index (κ1) is 27.7. The molecule has 0 aliphatic rings. The molecule has 50 heavy (non-hydrogen) atoms. The molecule has 11 rings (SSSR count). The maximum Gasteiger partial charge on any atom is 0.0726 e. The lowest BCUT2D eigenvalue weighted by molar-refractivity contribution is 1.19. The van der Waals surface area contributed by atoms with Crippen LogP contribution in [0.3, 0.4) is 0 Å². The zero-order valence-corrected chi connectivity index (χ0v) is 27.9. The summed E-state index contributed by atoms with van der Waals surface area (Å²) in [6.07, 6.45) is 0. The van der Waals surface area contributed by atoms with Crippen LogP contribution in [0.5, 0.6) is 0 Å². The van der Waals surface area contributed by atoms with Gasteiger partial charge in [-0.05, 0) is 68.1 Å². The van der Waals surface area contributed by atoms with Crippen LogP contribution in [0.25, 0.3) is 102 Å². The lowest BCUT2D eigenvalue weighted by Gasteiger charge is -2.15. The number of hydrogen-bond donors (Lipinski definition) is 0. The molecular formula is C48H29NS. The van der Waals surface area contributed by atoms with Gasteiger partial charge in [-0.2, -0.15) is 0 Å². The zero-order valence-electron chi connectivity index (χ0n) is 27.1. The molecule has 9 aromatic carbocycles. The molecule has 2 heterocycles. The zero-order chi connectivity index (χ0) is 32.8. The van der Waals surface area contributed by atoms with Crippen LogP contribution in [0.4, 0.5) is 0 Å². The summed E-state index contributed by atoms with van der Waals surface area (Å²) in [6.45, 7) is 0. The van der Waals surface area contributed by atoms with Crippen molar-refractivity contribution in [2.75, 3.05) is 0 Å². The lowest BCUT2D eigenvalue weighted by atomic mass is 9.89. The second-order valence-corrected chi connectivity index (χ2v) is 14.3. The Morgan fingerprint density at radius 1 is 0.320 bits per heavy atom. The van der Waals surface area contributed by atoms with Crippen molar-refractivity contribution in [3.05, 3.63) is 176 Å². The molecule has 0 N–H and O–H groups in total. The number of rotatable bonds is 3. The lowest BCUT2D eigenvalue weighted by Crippen LogP contribution is -1.94. The van der Waals surface area contributed by atoms with Crippen LogP contribution in [-0.4, -0.2) is 4.57 Å². The van der Waals surface area contributed by atoms with Gasteiger partial charge in [0.25, 0.3) is 0 Å². The summed E-state index contributed by atoms with van der Waals surface area (Å²) >= 11 is 1.92. The molecule has 2 heteroatoms. The molecule has 232 valence electrons. The van der Waals surface area contributed by atoms with Crippen molar-refractivity contribution in [3.63, 3.8) is 0 Å². The van der Waals surface area contributed by atoms with Crippen LogP contribution in [0.2, 0.25) is 0 Å². The molecule has 0 bridgehead atoms. The minimum Gasteiger partial charge on any atom is -0.308 e. The highest BCUT2D eigenvalue weighted by molar-refractivity contribution is 7.27. The molecule has 0 radical (unpaired) electrons. The van der Waals surface area contributed by atoms with E-state index >= 15 is 0 Å². The normalized spacial score (nSPS) is 12.0. The number of hydrogen-bond acceptors (Lipinski definition) is 1. The van der Waals surface area contributed by atoms with Crippen molar-refractivity contribution in [1.29, 1.82) is 0 Å². The molecular weight excluding hydrogens is 623 g/mol. The first-order valence-electron chi connectivity index (χ1n) is 17.2. The fourth-order valence-electron chi connectivity index (χ4n) is 8.39. The van der Waals surface area contributed by atoms with Gasteiger partial charge in [-0.3, -0.25) is 0 Å². The SMILES string of the molecule is c1ccc(-c2ccc(-c3ccc(-n4c5ccccc5c5c6c7ccccc7c7ccccc7c6c6c7ccccc7sc6c54)cc3)cc2)cc1. The van der Waals surface area contributed by atoms with Gasteiger partial charge in [0.1, 0.15) is 0 Å². The predicted molar refractivity (Wildman–Crippen MR) is 217 cm³/mol. The quantitative estimate of drug-likeness (QED) is 0.168. The topological polar surface area (TPSA) is 4.93 Å². The van der Waals surface area contributed by atoms with Crippen molar-refractivity contribution >= 4 is 85.6 Å². The summed E-state index contributed by atoms with van der Waals surface area (Å²) in [5, 5.41) is 13.2. The van der Waals surface area contributed by atoms with Gasteiger partial charge >= 0.3 is 0 Å². The largest absolute Gasteiger partial charge is 0.308 e. The molecule has 0 fully saturated rings. The Bertz CT molecular complexity index is 3110. The minimum atomic E-state index is 1.17. The number of aromatic nitrogens is 1. The maximum atomic E-state index is 2.52. The monoisotopic (exact) mass is 651 g/mol. The van der Waals surface area contributed by atoms with E-state index in [0.29, 0.717) is 0 Å². The van der Waals surface area contributed by atoms with E-state index in [4.69, 9.17) is 0 Å². The third-order valence-electron chi connectivity index (χ3n) is 10.6. The van der Waals surface area contributed by atoms with Crippen molar-refractivity contribution in [1.82, 2.24) is 4.57 Å². The van der Waals surface area contributed by atoms with E-state index in [1.54, 1.807) is 0 Å². The second kappa shape index (κ2) is 10.6. The standard InChI is InChI=1S/C48H29NS/c1-2-12-30(13-3-1)31-22-24-32(25-23-31)33-26-28-34(29-27-33)49-41-20-10-8-18-39(41)45-43-37-16-6-4-14-35(37)36-15-5-7-17-38(36)44(43)46-40-19-9-11-21-42(40)50-48(46)47(45)49/h1-29H. The van der Waals surface area contributed by atoms with Crippen LogP contribution in [0.15, 0.2) is 176 Å². The highest BCUT2D eigenvalue weighted by Crippen LogP contribution is 2.51. The Hall–Kier alpha value is -6.22. The molecule has 0 amide bonds. The van der Waals surface area contributed by atoms with Gasteiger partial charge < -0.3 is 4.57 Å². The molecule has 0 unspecified atom stereocenters. The fourth-order valence-corrected chi connectivity index (χ4v) is 9.64. The molecule has 0 aliphatic heterocycles. The van der Waals surface area contributed by atoms with Gasteiger partial charge in [-0.1, -0.05) is 152 Å². The summed E-state index contributed by atoms with van der Waals surface area (Å²) in [5.74, 6) is 0. The van der Waals surface area contributed by atoms with Crippen molar-refractivity contribution in [3.8, 4) is 27.9 Å². The summed E-state index contributed by atoms with van der Waals surface area (Å²) < 4.78 is 5.18. The van der Waals surface area contributed by atoms with Crippen molar-refractivity contribution in [2.45, 2.75) is 0 Å². The Kier molecular flexibility index (Phi) is 5.89. The number of thiophene rings is 1. The van der Waals surface area contributed by atoms with E-state index in [1.165, 1.54) is 102 Å². The van der Waals surface area contributed by atoms with Gasteiger partial charge in [0.15, 0.2) is 0 Å². The number of benzene rings is 9. The van der Waals surface area contributed by atoms with E-state index in [2.05, 4.69) is 180 Å². The second-order valence-electron chi connectivity index (χ2n) is 13.2. The van der Waals surface area contributed by atoms with E-state index in [9.17, 15) is 0 Å². The highest BCUT2D eigenvalue weighted by atomic mass is 32.1. The van der Waals surface area contributed by atoms with Gasteiger partial charge in [-0.25, -0.2) is 0 Å². The van der Waals surface area contributed by atoms with Gasteiger partial charge in [0.05, 0.1) is 15.7 Å². The Morgan fingerprint density at radius 3 is 1.42 bits per heavy atom. The van der Waals surface area contributed by atoms with Gasteiger partial charge in [0, 0.05) is 42.7 Å². The summed E-state index contributed by atoms with van der Waals surface area (Å²) in [4.78, 5) is 0. The van der Waals surface area contributed by atoms with Crippen LogP contribution in [-0.2, 0) is 0 Å². The molecule has 0 aliphatic carbocycles. The van der Waals surface area contributed by atoms with Gasteiger partial charge in [0.2, 0.25) is 0 Å². The third-order valence-corrected chi connectivity index (χ3v) is 11.7. The smallest absolute Gasteiger partial charge is 0.0726 e. The average molecular weight is 652 g/mol. The molecule has 0 atom stereocenters. The Balaban J connectivity index is 1.24. The van der Waals surface area contributed by atoms with Crippen LogP contribution in [0, 0.1) is 0 Å². The Morgan fingerprint density at radius 2 is 0.780 bits per heavy atom. The number of para-hydroxylation sites is 1. The molecule has 0 saturated carbocycles. The molecule has 11 aromatic rings. The van der Waals surface area contributed by atoms with E-state index < -0.39 is 0 Å². The van der Waals surface area contributed by atoms with E-state index in [-0.39, 0.29) is 0 Å². The first-order chi connectivity index (χ1) is 24.8. The van der Waals surface area contributed by atoms with Crippen LogP contribution < -0.4 is 0 Å². The molecule has 2 aromatic heterocycles. The van der Waals surface area contributed by atoms with Crippen LogP contribution in [0.1, 0.15) is 0 Å². The summed E-state index contributed by atoms with van der Waals surface area (Å²) in [6, 6.07) is 64.6. The maximum absolute atomic E-state index is 2.52. The Labute approximate surface area is 292 Å². The predicted octanol–water partition coefficient (Wildman–Crippen LogP) is 13.9. The molecule has 1 nitrogen and oxygen atoms in total. The molecule has 0 spiro atoms. The van der Waals surface area contributed by atoms with Crippen molar-refractivity contribution in [2.24, 2.45) is 0 Å². The number of fused-ring (bicyclic) bond motifs is 15. The average Bonchev–Trinajstić information content (AvgIpc) is 3.75. The van der Waals surface area contributed by atoms with Crippen LogP contribution >= 0.6 is 11.3 Å². The van der Waals surface area contributed by atoms with E-state index in [0.717, 1.165) is 0 Å². The van der Waals surface area contributed by atoms with Crippen molar-refractivity contribution < 1.29 is 0 Å².